The number of hydrazine groups is 1. The smallest absolute Gasteiger partial charge is 0.0580 e. The van der Waals surface area contributed by atoms with Crippen molar-refractivity contribution in [2.45, 2.75) is 76.9 Å². The first-order valence-corrected chi connectivity index (χ1v) is 7.91. The van der Waals surface area contributed by atoms with Crippen LogP contribution in [0.15, 0.2) is 0 Å². The van der Waals surface area contributed by atoms with Gasteiger partial charge >= 0.3 is 0 Å². The Balaban J connectivity index is 1.72. The van der Waals surface area contributed by atoms with Gasteiger partial charge in [-0.15, -0.1) is 0 Å². The van der Waals surface area contributed by atoms with Gasteiger partial charge in [-0.1, -0.05) is 25.7 Å². The van der Waals surface area contributed by atoms with Crippen LogP contribution in [0.1, 0.15) is 64.7 Å². The van der Waals surface area contributed by atoms with Gasteiger partial charge in [-0.2, -0.15) is 0 Å². The summed E-state index contributed by atoms with van der Waals surface area (Å²) in [6.07, 6.45) is 12.7. The Morgan fingerprint density at radius 3 is 2.39 bits per heavy atom. The molecule has 0 aromatic heterocycles. The van der Waals surface area contributed by atoms with Crippen molar-refractivity contribution in [2.24, 2.45) is 17.7 Å². The van der Waals surface area contributed by atoms with Crippen molar-refractivity contribution in [1.29, 1.82) is 0 Å². The number of nitrogens with two attached hydrogens (primary N) is 1. The lowest BCUT2D eigenvalue weighted by Gasteiger charge is -2.38. The average molecular weight is 254 g/mol. The van der Waals surface area contributed by atoms with Gasteiger partial charge in [-0.25, -0.2) is 0 Å². The van der Waals surface area contributed by atoms with E-state index < -0.39 is 0 Å². The fourth-order valence-electron chi connectivity index (χ4n) is 3.71. The maximum absolute atomic E-state index is 5.79. The lowest BCUT2D eigenvalue weighted by atomic mass is 9.75. The summed E-state index contributed by atoms with van der Waals surface area (Å²) in [6.45, 7) is 2.95. The molecule has 106 valence electrons. The Bertz CT molecular complexity index is 221. The van der Waals surface area contributed by atoms with Crippen LogP contribution in [0.25, 0.3) is 0 Å². The molecule has 0 bridgehead atoms. The largest absolute Gasteiger partial charge is 0.378 e. The number of nitrogens with one attached hydrogen (secondary N) is 1. The number of hydrogen-bond acceptors (Lipinski definition) is 3. The maximum atomic E-state index is 5.79. The van der Waals surface area contributed by atoms with Gasteiger partial charge in [0, 0.05) is 12.6 Å². The van der Waals surface area contributed by atoms with Gasteiger partial charge in [0.1, 0.15) is 0 Å². The third-order valence-corrected chi connectivity index (χ3v) is 4.87. The minimum absolute atomic E-state index is 0.535. The first-order chi connectivity index (χ1) is 8.83. The van der Waals surface area contributed by atoms with E-state index in [2.05, 4.69) is 12.3 Å². The predicted molar refractivity (Wildman–Crippen MR) is 75.1 cm³/mol. The summed E-state index contributed by atoms with van der Waals surface area (Å²) in [5.41, 5.74) is 3.10. The zero-order valence-electron chi connectivity index (χ0n) is 11.9. The monoisotopic (exact) mass is 254 g/mol. The molecule has 0 heterocycles. The van der Waals surface area contributed by atoms with Crippen molar-refractivity contribution in [3.8, 4) is 0 Å². The number of hydrogen-bond donors (Lipinski definition) is 2. The summed E-state index contributed by atoms with van der Waals surface area (Å²) < 4.78 is 5.64. The molecule has 2 fully saturated rings. The van der Waals surface area contributed by atoms with Crippen LogP contribution in [0.4, 0.5) is 0 Å². The molecule has 0 radical (unpaired) electrons. The second-order valence-electron chi connectivity index (χ2n) is 6.18. The molecule has 18 heavy (non-hydrogen) atoms. The summed E-state index contributed by atoms with van der Waals surface area (Å²) in [6, 6.07) is 0.538. The molecule has 2 aliphatic carbocycles. The molecule has 0 aromatic carbocycles. The lowest BCUT2D eigenvalue weighted by molar-refractivity contribution is -0.0310. The van der Waals surface area contributed by atoms with Crippen LogP contribution < -0.4 is 11.3 Å². The fourth-order valence-corrected chi connectivity index (χ4v) is 3.71. The summed E-state index contributed by atoms with van der Waals surface area (Å²) in [5.74, 6) is 7.44. The highest BCUT2D eigenvalue weighted by Crippen LogP contribution is 2.36. The topological polar surface area (TPSA) is 47.3 Å². The summed E-state index contributed by atoms with van der Waals surface area (Å²) in [4.78, 5) is 0. The molecule has 0 saturated heterocycles. The Labute approximate surface area is 112 Å². The van der Waals surface area contributed by atoms with Crippen molar-refractivity contribution in [3.63, 3.8) is 0 Å². The van der Waals surface area contributed by atoms with Gasteiger partial charge in [0.15, 0.2) is 0 Å². The highest BCUT2D eigenvalue weighted by Gasteiger charge is 2.33. The highest BCUT2D eigenvalue weighted by molar-refractivity contribution is 4.86. The van der Waals surface area contributed by atoms with E-state index in [0.717, 1.165) is 18.4 Å². The molecule has 2 rings (SSSR count). The highest BCUT2D eigenvalue weighted by atomic mass is 16.5. The average Bonchev–Trinajstić information content (AvgIpc) is 2.61. The Morgan fingerprint density at radius 1 is 1.17 bits per heavy atom. The molecule has 2 aliphatic rings. The Kier molecular flexibility index (Phi) is 5.93. The van der Waals surface area contributed by atoms with Gasteiger partial charge in [0.05, 0.1) is 6.10 Å². The summed E-state index contributed by atoms with van der Waals surface area (Å²) in [5, 5.41) is 0. The summed E-state index contributed by atoms with van der Waals surface area (Å²) >= 11 is 0. The maximum Gasteiger partial charge on any atom is 0.0580 e. The van der Waals surface area contributed by atoms with Crippen LogP contribution in [0.3, 0.4) is 0 Å². The Hall–Kier alpha value is -0.120. The molecule has 3 nitrogen and oxygen atoms in total. The van der Waals surface area contributed by atoms with E-state index in [1.807, 2.05) is 0 Å². The second kappa shape index (κ2) is 7.46. The van der Waals surface area contributed by atoms with Crippen molar-refractivity contribution in [1.82, 2.24) is 5.43 Å². The van der Waals surface area contributed by atoms with Gasteiger partial charge in [0.25, 0.3) is 0 Å². The fraction of sp³-hybridized carbons (Fsp3) is 1.00. The third-order valence-electron chi connectivity index (χ3n) is 4.87. The van der Waals surface area contributed by atoms with E-state index in [1.165, 1.54) is 57.8 Å². The van der Waals surface area contributed by atoms with Crippen LogP contribution in [0, 0.1) is 11.8 Å². The number of rotatable bonds is 6. The Morgan fingerprint density at radius 2 is 1.83 bits per heavy atom. The number of ether oxygens (including phenoxy) is 1. The van der Waals surface area contributed by atoms with Gasteiger partial charge < -0.3 is 4.74 Å². The minimum Gasteiger partial charge on any atom is -0.378 e. The van der Waals surface area contributed by atoms with Crippen LogP contribution >= 0.6 is 0 Å². The van der Waals surface area contributed by atoms with E-state index >= 15 is 0 Å². The molecule has 0 amide bonds. The molecular formula is C15H30N2O. The third kappa shape index (κ3) is 3.94. The predicted octanol–water partition coefficient (Wildman–Crippen LogP) is 2.99. The molecule has 2 saturated carbocycles. The molecule has 3 heteroatoms. The molecular weight excluding hydrogens is 224 g/mol. The zero-order chi connectivity index (χ0) is 12.8. The van der Waals surface area contributed by atoms with Crippen LogP contribution in [-0.4, -0.2) is 18.8 Å². The normalized spacial score (nSPS) is 31.7. The first-order valence-electron chi connectivity index (χ1n) is 7.91. The van der Waals surface area contributed by atoms with Gasteiger partial charge in [0.2, 0.25) is 0 Å². The van der Waals surface area contributed by atoms with Crippen molar-refractivity contribution in [3.05, 3.63) is 0 Å². The van der Waals surface area contributed by atoms with Crippen molar-refractivity contribution in [2.75, 3.05) is 6.61 Å². The van der Waals surface area contributed by atoms with E-state index in [0.29, 0.717) is 12.1 Å². The lowest BCUT2D eigenvalue weighted by Crippen LogP contribution is -2.45. The molecule has 0 spiro atoms. The zero-order valence-corrected chi connectivity index (χ0v) is 11.9. The molecule has 1 unspecified atom stereocenters. The molecule has 0 aliphatic heterocycles. The van der Waals surface area contributed by atoms with E-state index in [9.17, 15) is 0 Å². The summed E-state index contributed by atoms with van der Waals surface area (Å²) in [7, 11) is 0. The van der Waals surface area contributed by atoms with Crippen molar-refractivity contribution < 1.29 is 4.74 Å². The van der Waals surface area contributed by atoms with E-state index in [4.69, 9.17) is 10.6 Å². The SMILES string of the molecule is CCOC1CC(CC(NN)C2CCCCCC2)C1. The molecule has 3 N–H and O–H groups in total. The van der Waals surface area contributed by atoms with Gasteiger partial charge in [-0.05, 0) is 50.9 Å². The van der Waals surface area contributed by atoms with Crippen molar-refractivity contribution >= 4 is 0 Å². The van der Waals surface area contributed by atoms with Crippen LogP contribution in [-0.2, 0) is 4.74 Å². The van der Waals surface area contributed by atoms with Gasteiger partial charge in [-0.3, -0.25) is 11.3 Å². The second-order valence-corrected chi connectivity index (χ2v) is 6.18. The van der Waals surface area contributed by atoms with Crippen LogP contribution in [0.2, 0.25) is 0 Å². The molecule has 0 aromatic rings. The van der Waals surface area contributed by atoms with E-state index in [1.54, 1.807) is 0 Å². The van der Waals surface area contributed by atoms with Crippen LogP contribution in [0.5, 0.6) is 0 Å². The quantitative estimate of drug-likeness (QED) is 0.435. The first kappa shape index (κ1) is 14.3. The minimum atomic E-state index is 0.535. The van der Waals surface area contributed by atoms with E-state index in [-0.39, 0.29) is 0 Å². The standard InChI is InChI=1S/C15H30N2O/c1-2-18-14-9-12(10-14)11-15(17-16)13-7-5-3-4-6-8-13/h12-15,17H,2-11,16H2,1H3. The molecule has 1 atom stereocenters.